The van der Waals surface area contributed by atoms with Crippen LogP contribution in [0.25, 0.3) is 0 Å². The van der Waals surface area contributed by atoms with Crippen LogP contribution in [0.3, 0.4) is 0 Å². The molecule has 1 N–H and O–H groups in total. The van der Waals surface area contributed by atoms with Crippen LogP contribution in [0.5, 0.6) is 0 Å². The van der Waals surface area contributed by atoms with Gasteiger partial charge in [-0.05, 0) is 64.2 Å². The lowest BCUT2D eigenvalue weighted by molar-refractivity contribution is -0.127. The first-order chi connectivity index (χ1) is 13.4. The van der Waals surface area contributed by atoms with E-state index in [1.165, 1.54) is 0 Å². The summed E-state index contributed by atoms with van der Waals surface area (Å²) in [7, 11) is -1.22. The minimum atomic E-state index is -3.31. The molecule has 1 aromatic rings. The maximum atomic E-state index is 12.8. The van der Waals surface area contributed by atoms with E-state index in [0.717, 1.165) is 50.8 Å². The second kappa shape index (κ2) is 9.85. The number of rotatable bonds is 7. The molecule has 1 aromatic carbocycles. The Balaban J connectivity index is 1.48. The molecule has 3 rings (SSSR count). The summed E-state index contributed by atoms with van der Waals surface area (Å²) in [6, 6.07) is 10.2. The molecule has 0 unspecified atom stereocenters. The third-order valence-electron chi connectivity index (χ3n) is 5.92. The van der Waals surface area contributed by atoms with Gasteiger partial charge in [-0.25, -0.2) is 12.7 Å². The number of carbonyl (C=O) groups excluding carboxylic acids is 1. The van der Waals surface area contributed by atoms with Crippen molar-refractivity contribution in [3.05, 3.63) is 35.9 Å². The fraction of sp³-hybridized carbons (Fsp3) is 0.667. The van der Waals surface area contributed by atoms with Crippen molar-refractivity contribution >= 4 is 15.9 Å². The number of nitrogens with one attached hydrogen (secondary N) is 1. The van der Waals surface area contributed by atoms with Gasteiger partial charge in [0.15, 0.2) is 0 Å². The van der Waals surface area contributed by atoms with E-state index in [4.69, 9.17) is 0 Å². The molecule has 2 heterocycles. The summed E-state index contributed by atoms with van der Waals surface area (Å²) in [4.78, 5) is 14.9. The number of nitrogens with zero attached hydrogens (tertiary/aromatic N) is 2. The molecular weight excluding hydrogens is 374 g/mol. The van der Waals surface area contributed by atoms with Crippen molar-refractivity contribution in [3.63, 3.8) is 0 Å². The Bertz CT molecular complexity index is 731. The van der Waals surface area contributed by atoms with Crippen molar-refractivity contribution in [1.82, 2.24) is 14.5 Å². The van der Waals surface area contributed by atoms with Gasteiger partial charge >= 0.3 is 0 Å². The van der Waals surface area contributed by atoms with E-state index in [2.05, 4.69) is 17.3 Å². The van der Waals surface area contributed by atoms with Gasteiger partial charge in [0.05, 0.1) is 11.7 Å². The maximum Gasteiger partial charge on any atom is 0.224 e. The zero-order valence-electron chi connectivity index (χ0n) is 16.8. The highest BCUT2D eigenvalue weighted by Gasteiger charge is 2.33. The number of sulfonamides is 1. The Labute approximate surface area is 169 Å². The lowest BCUT2D eigenvalue weighted by Crippen LogP contribution is -2.50. The smallest absolute Gasteiger partial charge is 0.224 e. The van der Waals surface area contributed by atoms with Gasteiger partial charge in [-0.15, -0.1) is 0 Å². The molecule has 156 valence electrons. The second-order valence-electron chi connectivity index (χ2n) is 8.19. The summed E-state index contributed by atoms with van der Waals surface area (Å²) < 4.78 is 27.1. The normalized spacial score (nSPS) is 22.8. The summed E-state index contributed by atoms with van der Waals surface area (Å²) >= 11 is 0. The standard InChI is InChI=1S/C21H33N3O3S/c1-23-14-11-20(12-15-23)22-21(25)19-10-5-13-24(17-19)28(26,27)16-6-9-18-7-3-2-4-8-18/h2-4,7-8,19-20H,5-6,9-17H2,1H3,(H,22,25)/t19-/m0/s1. The van der Waals surface area contributed by atoms with Crippen molar-refractivity contribution < 1.29 is 13.2 Å². The highest BCUT2D eigenvalue weighted by Crippen LogP contribution is 2.21. The number of aryl methyl sites for hydroxylation is 1. The molecule has 0 bridgehead atoms. The molecule has 1 amide bonds. The molecule has 0 saturated carbocycles. The van der Waals surface area contributed by atoms with Crippen LogP contribution >= 0.6 is 0 Å². The predicted octanol–water partition coefficient (Wildman–Crippen LogP) is 1.87. The van der Waals surface area contributed by atoms with Crippen LogP contribution in [0.4, 0.5) is 0 Å². The number of benzene rings is 1. The van der Waals surface area contributed by atoms with Gasteiger partial charge in [0.2, 0.25) is 15.9 Å². The average molecular weight is 408 g/mol. The van der Waals surface area contributed by atoms with Crippen LogP contribution in [0.2, 0.25) is 0 Å². The molecule has 7 heteroatoms. The fourth-order valence-electron chi connectivity index (χ4n) is 4.11. The average Bonchev–Trinajstić information content (AvgIpc) is 2.70. The van der Waals surface area contributed by atoms with Crippen LogP contribution in [-0.2, 0) is 21.2 Å². The fourth-order valence-corrected chi connectivity index (χ4v) is 5.70. The lowest BCUT2D eigenvalue weighted by atomic mass is 9.97. The Hall–Kier alpha value is -1.44. The molecular formula is C21H33N3O3S. The Morgan fingerprint density at radius 2 is 1.82 bits per heavy atom. The van der Waals surface area contributed by atoms with Gasteiger partial charge < -0.3 is 10.2 Å². The highest BCUT2D eigenvalue weighted by molar-refractivity contribution is 7.89. The van der Waals surface area contributed by atoms with Crippen molar-refractivity contribution in [2.75, 3.05) is 39.0 Å². The van der Waals surface area contributed by atoms with E-state index in [9.17, 15) is 13.2 Å². The van der Waals surface area contributed by atoms with Crippen LogP contribution in [0, 0.1) is 5.92 Å². The summed E-state index contributed by atoms with van der Waals surface area (Å²) in [5, 5.41) is 3.16. The van der Waals surface area contributed by atoms with Crippen molar-refractivity contribution in [1.29, 1.82) is 0 Å². The Morgan fingerprint density at radius 1 is 1.11 bits per heavy atom. The topological polar surface area (TPSA) is 69.7 Å². The van der Waals surface area contributed by atoms with Gasteiger partial charge in [0, 0.05) is 19.1 Å². The third-order valence-corrected chi connectivity index (χ3v) is 7.85. The van der Waals surface area contributed by atoms with Gasteiger partial charge in [-0.1, -0.05) is 30.3 Å². The summed E-state index contributed by atoms with van der Waals surface area (Å²) in [5.41, 5.74) is 1.16. The van der Waals surface area contributed by atoms with E-state index >= 15 is 0 Å². The maximum absolute atomic E-state index is 12.8. The number of hydrogen-bond acceptors (Lipinski definition) is 4. The Kier molecular flexibility index (Phi) is 7.48. The van der Waals surface area contributed by atoms with Crippen LogP contribution in [0.15, 0.2) is 30.3 Å². The van der Waals surface area contributed by atoms with Gasteiger partial charge in [-0.3, -0.25) is 4.79 Å². The molecule has 2 saturated heterocycles. The molecule has 6 nitrogen and oxygen atoms in total. The minimum Gasteiger partial charge on any atom is -0.353 e. The van der Waals surface area contributed by atoms with Crippen LogP contribution in [0.1, 0.15) is 37.7 Å². The van der Waals surface area contributed by atoms with Crippen molar-refractivity contribution in [3.8, 4) is 0 Å². The first kappa shape index (κ1) is 21.3. The van der Waals surface area contributed by atoms with Gasteiger partial charge in [-0.2, -0.15) is 0 Å². The molecule has 0 aliphatic carbocycles. The first-order valence-electron chi connectivity index (χ1n) is 10.4. The number of likely N-dealkylation sites (tertiary alicyclic amines) is 1. The van der Waals surface area contributed by atoms with E-state index < -0.39 is 10.0 Å². The highest BCUT2D eigenvalue weighted by atomic mass is 32.2. The molecule has 1 atom stereocenters. The Morgan fingerprint density at radius 3 is 2.54 bits per heavy atom. The number of piperidine rings is 2. The predicted molar refractivity (Wildman–Crippen MR) is 112 cm³/mol. The zero-order chi connectivity index (χ0) is 20.0. The quantitative estimate of drug-likeness (QED) is 0.749. The monoisotopic (exact) mass is 407 g/mol. The van der Waals surface area contributed by atoms with E-state index in [1.807, 2.05) is 30.3 Å². The van der Waals surface area contributed by atoms with E-state index in [-0.39, 0.29) is 23.6 Å². The van der Waals surface area contributed by atoms with Gasteiger partial charge in [0.25, 0.3) is 0 Å². The molecule has 28 heavy (non-hydrogen) atoms. The van der Waals surface area contributed by atoms with Crippen LogP contribution < -0.4 is 5.32 Å². The molecule has 2 aliphatic rings. The minimum absolute atomic E-state index is 0.0266. The lowest BCUT2D eigenvalue weighted by Gasteiger charge is -2.34. The zero-order valence-corrected chi connectivity index (χ0v) is 17.7. The second-order valence-corrected chi connectivity index (χ2v) is 10.3. The van der Waals surface area contributed by atoms with E-state index in [1.54, 1.807) is 4.31 Å². The molecule has 0 aromatic heterocycles. The number of carbonyl (C=O) groups is 1. The van der Waals surface area contributed by atoms with E-state index in [0.29, 0.717) is 19.5 Å². The molecule has 2 fully saturated rings. The SMILES string of the molecule is CN1CCC(NC(=O)[C@H]2CCCN(S(=O)(=O)CCCc3ccccc3)C2)CC1. The summed E-state index contributed by atoms with van der Waals surface area (Å²) in [6.45, 7) is 2.85. The largest absolute Gasteiger partial charge is 0.353 e. The third kappa shape index (κ3) is 6.03. The number of amides is 1. The number of hydrogen-bond donors (Lipinski definition) is 1. The molecule has 2 aliphatic heterocycles. The first-order valence-corrected chi connectivity index (χ1v) is 12.1. The van der Waals surface area contributed by atoms with Crippen LogP contribution in [-0.4, -0.2) is 68.6 Å². The van der Waals surface area contributed by atoms with Crippen molar-refractivity contribution in [2.45, 2.75) is 44.6 Å². The summed E-state index contributed by atoms with van der Waals surface area (Å²) in [5.74, 6) is -0.0541. The van der Waals surface area contributed by atoms with Crippen molar-refractivity contribution in [2.24, 2.45) is 5.92 Å². The molecule has 0 radical (unpaired) electrons. The molecule has 0 spiro atoms. The summed E-state index contributed by atoms with van der Waals surface area (Å²) in [6.07, 6.45) is 4.83. The van der Waals surface area contributed by atoms with Gasteiger partial charge in [0.1, 0.15) is 0 Å².